The quantitative estimate of drug-likeness (QED) is 0.420. The molecular formula is C32H36F3N5O3. The van der Waals surface area contributed by atoms with Gasteiger partial charge in [0.25, 0.3) is 0 Å². The second-order valence-electron chi connectivity index (χ2n) is 11.4. The maximum Gasteiger partial charge on any atom is 0.421 e. The van der Waals surface area contributed by atoms with Gasteiger partial charge in [0.1, 0.15) is 11.3 Å². The first kappa shape index (κ1) is 29.2. The molecule has 8 nitrogen and oxygen atoms in total. The summed E-state index contributed by atoms with van der Waals surface area (Å²) in [5.41, 5.74) is 2.29. The van der Waals surface area contributed by atoms with Crippen molar-refractivity contribution in [2.24, 2.45) is 0 Å². The fraction of sp³-hybridized carbons (Fsp3) is 0.469. The highest BCUT2D eigenvalue weighted by Crippen LogP contribution is 2.47. The zero-order valence-corrected chi connectivity index (χ0v) is 24.4. The summed E-state index contributed by atoms with van der Waals surface area (Å²) in [5.74, 6) is 0.367. The Bertz CT molecular complexity index is 1480. The van der Waals surface area contributed by atoms with Gasteiger partial charge in [0, 0.05) is 31.2 Å². The van der Waals surface area contributed by atoms with Crippen LogP contribution in [0.1, 0.15) is 49.4 Å². The summed E-state index contributed by atoms with van der Waals surface area (Å²) in [6.07, 6.45) is 0.0195. The van der Waals surface area contributed by atoms with Gasteiger partial charge in [0.2, 0.25) is 11.8 Å². The smallest absolute Gasteiger partial charge is 0.421 e. The minimum atomic E-state index is -4.56. The standard InChI is InChI=1S/C32H36F3N5O3/c1-3-43-29-21(7-5-16-37-29)23-12-11-22-25(38-23)19-40(30(41)24-8-6-15-36-24)20-31(22)13-17-39(18-14-31)26-9-4-10-27(42-2)28(26)32(33,34)35/h4-5,7,9-12,16,24,36H,3,6,8,13-15,17-20H2,1-2H3/t24-/m0/s1. The summed E-state index contributed by atoms with van der Waals surface area (Å²) in [6, 6.07) is 12.0. The number of nitrogens with one attached hydrogen (secondary N) is 1. The Morgan fingerprint density at radius 3 is 2.65 bits per heavy atom. The molecular weight excluding hydrogens is 559 g/mol. The molecule has 3 aliphatic heterocycles. The van der Waals surface area contributed by atoms with Gasteiger partial charge in [-0.3, -0.25) is 9.78 Å². The lowest BCUT2D eigenvalue weighted by Gasteiger charge is -2.49. The number of anilines is 1. The number of pyridine rings is 2. The van der Waals surface area contributed by atoms with Crippen molar-refractivity contribution in [3.05, 3.63) is 65.5 Å². The van der Waals surface area contributed by atoms with Crippen LogP contribution >= 0.6 is 0 Å². The van der Waals surface area contributed by atoms with E-state index in [9.17, 15) is 18.0 Å². The minimum absolute atomic E-state index is 0.0562. The lowest BCUT2D eigenvalue weighted by atomic mass is 9.69. The maximum absolute atomic E-state index is 14.2. The summed E-state index contributed by atoms with van der Waals surface area (Å²) >= 11 is 0. The Morgan fingerprint density at radius 1 is 1.14 bits per heavy atom. The van der Waals surface area contributed by atoms with Gasteiger partial charge in [-0.25, -0.2) is 4.98 Å². The first-order chi connectivity index (χ1) is 20.7. The molecule has 0 unspecified atom stereocenters. The number of carbonyl (C=O) groups is 1. The van der Waals surface area contributed by atoms with E-state index in [0.717, 1.165) is 36.2 Å². The highest BCUT2D eigenvalue weighted by atomic mass is 19.4. The molecule has 3 aliphatic rings. The van der Waals surface area contributed by atoms with Crippen molar-refractivity contribution in [2.75, 3.05) is 44.8 Å². The molecule has 2 aromatic heterocycles. The van der Waals surface area contributed by atoms with Crippen LogP contribution in [0.5, 0.6) is 11.6 Å². The summed E-state index contributed by atoms with van der Waals surface area (Å²) in [4.78, 5) is 26.8. The van der Waals surface area contributed by atoms with E-state index < -0.39 is 17.2 Å². The van der Waals surface area contributed by atoms with Crippen LogP contribution in [-0.4, -0.2) is 66.7 Å². The van der Waals surface area contributed by atoms with Gasteiger partial charge in [-0.05, 0) is 75.0 Å². The number of benzene rings is 1. The highest BCUT2D eigenvalue weighted by Gasteiger charge is 2.46. The molecule has 228 valence electrons. The Kier molecular flexibility index (Phi) is 7.93. The molecule has 1 spiro atoms. The molecule has 6 rings (SSSR count). The maximum atomic E-state index is 14.2. The number of rotatable bonds is 6. The van der Waals surface area contributed by atoms with Crippen LogP contribution in [0, 0.1) is 0 Å². The minimum Gasteiger partial charge on any atom is -0.496 e. The molecule has 11 heteroatoms. The Labute approximate surface area is 249 Å². The van der Waals surface area contributed by atoms with Crippen LogP contribution in [0.2, 0.25) is 0 Å². The van der Waals surface area contributed by atoms with Crippen molar-refractivity contribution in [3.63, 3.8) is 0 Å². The Morgan fingerprint density at radius 2 is 1.95 bits per heavy atom. The van der Waals surface area contributed by atoms with E-state index in [1.165, 1.54) is 19.2 Å². The number of alkyl halides is 3. The first-order valence-corrected chi connectivity index (χ1v) is 14.8. The normalized spacial score (nSPS) is 19.8. The Balaban J connectivity index is 1.35. The van der Waals surface area contributed by atoms with Crippen molar-refractivity contribution in [1.29, 1.82) is 0 Å². The average molecular weight is 596 g/mol. The van der Waals surface area contributed by atoms with Crippen LogP contribution in [-0.2, 0) is 22.9 Å². The number of nitrogens with zero attached hydrogens (tertiary/aromatic N) is 4. The van der Waals surface area contributed by atoms with Crippen molar-refractivity contribution in [3.8, 4) is 22.9 Å². The van der Waals surface area contributed by atoms with Crippen LogP contribution < -0.4 is 19.7 Å². The van der Waals surface area contributed by atoms with Crippen LogP contribution in [0.4, 0.5) is 18.9 Å². The third kappa shape index (κ3) is 5.50. The van der Waals surface area contributed by atoms with Crippen molar-refractivity contribution in [1.82, 2.24) is 20.2 Å². The molecule has 1 aromatic carbocycles. The molecule has 0 saturated carbocycles. The van der Waals surface area contributed by atoms with Gasteiger partial charge < -0.3 is 24.6 Å². The van der Waals surface area contributed by atoms with Crippen molar-refractivity contribution in [2.45, 2.75) is 56.8 Å². The molecule has 1 atom stereocenters. The van der Waals surface area contributed by atoms with E-state index in [0.29, 0.717) is 57.2 Å². The second-order valence-corrected chi connectivity index (χ2v) is 11.4. The number of amides is 1. The van der Waals surface area contributed by atoms with E-state index in [1.54, 1.807) is 17.2 Å². The summed E-state index contributed by atoms with van der Waals surface area (Å²) in [6.45, 7) is 4.87. The first-order valence-electron chi connectivity index (χ1n) is 14.8. The highest BCUT2D eigenvalue weighted by molar-refractivity contribution is 5.82. The van der Waals surface area contributed by atoms with E-state index in [1.807, 2.05) is 30.0 Å². The number of piperidine rings is 1. The van der Waals surface area contributed by atoms with Crippen LogP contribution in [0.3, 0.4) is 0 Å². The molecule has 5 heterocycles. The zero-order valence-electron chi connectivity index (χ0n) is 24.4. The zero-order chi connectivity index (χ0) is 30.2. The van der Waals surface area contributed by atoms with Crippen molar-refractivity contribution >= 4 is 11.6 Å². The molecule has 2 fully saturated rings. The predicted molar refractivity (Wildman–Crippen MR) is 156 cm³/mol. The van der Waals surface area contributed by atoms with E-state index in [2.05, 4.69) is 16.4 Å². The average Bonchev–Trinajstić information content (AvgIpc) is 3.56. The predicted octanol–water partition coefficient (Wildman–Crippen LogP) is 5.20. The number of fused-ring (bicyclic) bond motifs is 2. The summed E-state index contributed by atoms with van der Waals surface area (Å²) in [7, 11) is 1.26. The third-order valence-electron chi connectivity index (χ3n) is 8.95. The van der Waals surface area contributed by atoms with Crippen molar-refractivity contribution < 1.29 is 27.4 Å². The number of halogens is 3. The lowest BCUT2D eigenvalue weighted by Crippen LogP contribution is -2.56. The fourth-order valence-corrected chi connectivity index (χ4v) is 6.89. The van der Waals surface area contributed by atoms with Gasteiger partial charge in [0.05, 0.1) is 48.9 Å². The molecule has 43 heavy (non-hydrogen) atoms. The van der Waals surface area contributed by atoms with E-state index >= 15 is 0 Å². The second kappa shape index (κ2) is 11.7. The summed E-state index contributed by atoms with van der Waals surface area (Å²) < 4.78 is 53.3. The lowest BCUT2D eigenvalue weighted by molar-refractivity contribution is -0.138. The van der Waals surface area contributed by atoms with E-state index in [4.69, 9.17) is 14.5 Å². The summed E-state index contributed by atoms with van der Waals surface area (Å²) in [5, 5.41) is 3.32. The molecule has 1 N–H and O–H groups in total. The monoisotopic (exact) mass is 595 g/mol. The van der Waals surface area contributed by atoms with Crippen LogP contribution in [0.15, 0.2) is 48.7 Å². The molecule has 0 aliphatic carbocycles. The molecule has 0 radical (unpaired) electrons. The molecule has 0 bridgehead atoms. The van der Waals surface area contributed by atoms with Gasteiger partial charge >= 0.3 is 6.18 Å². The van der Waals surface area contributed by atoms with Crippen LogP contribution in [0.25, 0.3) is 11.3 Å². The molecule has 3 aromatic rings. The number of aromatic nitrogens is 2. The SMILES string of the molecule is CCOc1ncccc1-c1ccc2c(n1)CN(C(=O)[C@@H]1CCCN1)CC21CCN(c2cccc(OC)c2C(F)(F)F)CC1. The number of hydrogen-bond acceptors (Lipinski definition) is 7. The number of ether oxygens (including phenoxy) is 2. The van der Waals surface area contributed by atoms with Gasteiger partial charge in [-0.2, -0.15) is 13.2 Å². The largest absolute Gasteiger partial charge is 0.496 e. The van der Waals surface area contributed by atoms with E-state index in [-0.39, 0.29) is 23.4 Å². The topological polar surface area (TPSA) is 79.8 Å². The Hall–Kier alpha value is -3.86. The van der Waals surface area contributed by atoms with Gasteiger partial charge in [0.15, 0.2) is 0 Å². The number of hydrogen-bond donors (Lipinski definition) is 1. The fourth-order valence-electron chi connectivity index (χ4n) is 6.89. The number of carbonyl (C=O) groups excluding carboxylic acids is 1. The van der Waals surface area contributed by atoms with Gasteiger partial charge in [-0.15, -0.1) is 0 Å². The number of methoxy groups -OCH3 is 1. The third-order valence-corrected chi connectivity index (χ3v) is 8.95. The van der Waals surface area contributed by atoms with Gasteiger partial charge in [-0.1, -0.05) is 12.1 Å². The molecule has 1 amide bonds. The molecule has 2 saturated heterocycles.